The summed E-state index contributed by atoms with van der Waals surface area (Å²) in [5.74, 6) is 0.844. The van der Waals surface area contributed by atoms with E-state index in [1.807, 2.05) is 13.1 Å². The predicted octanol–water partition coefficient (Wildman–Crippen LogP) is 3.88. The van der Waals surface area contributed by atoms with Gasteiger partial charge in [-0.05, 0) is 53.4 Å². The fourth-order valence-corrected chi connectivity index (χ4v) is 4.15. The fourth-order valence-electron chi connectivity index (χ4n) is 3.02. The molecule has 0 saturated heterocycles. The summed E-state index contributed by atoms with van der Waals surface area (Å²) < 4.78 is 11.4. The summed E-state index contributed by atoms with van der Waals surface area (Å²) in [6, 6.07) is 3.22. The number of carbonyl (C=O) groups excluding carboxylic acids is 1. The van der Waals surface area contributed by atoms with E-state index < -0.39 is 14.2 Å². The third kappa shape index (κ3) is 7.18. The van der Waals surface area contributed by atoms with Crippen molar-refractivity contribution >= 4 is 35.9 Å². The number of hydrogen-bond donors (Lipinski definition) is 2. The molecule has 28 heavy (non-hydrogen) atoms. The molecule has 0 bridgehead atoms. The van der Waals surface area contributed by atoms with Crippen molar-refractivity contribution in [1.29, 1.82) is 0 Å². The number of rotatable bonds is 8. The van der Waals surface area contributed by atoms with E-state index in [0.29, 0.717) is 6.73 Å². The quantitative estimate of drug-likeness (QED) is 0.198. The van der Waals surface area contributed by atoms with Gasteiger partial charge in [0.1, 0.15) is 18.7 Å². The number of ether oxygens (including phenoxy) is 2. The number of carbonyl (C=O) groups is 1. The zero-order chi connectivity index (χ0) is 20.7. The zero-order valence-corrected chi connectivity index (χ0v) is 19.9. The van der Waals surface area contributed by atoms with Crippen LogP contribution in [0.4, 0.5) is 4.79 Å². The van der Waals surface area contributed by atoms with Crippen LogP contribution in [0.15, 0.2) is 21.7 Å². The summed E-state index contributed by atoms with van der Waals surface area (Å²) in [4.78, 5) is 20.8. The fraction of sp³-hybridized carbons (Fsp3) is 0.632. The van der Waals surface area contributed by atoms with E-state index in [4.69, 9.17) is 4.74 Å². The van der Waals surface area contributed by atoms with E-state index in [0.717, 1.165) is 41.5 Å². The number of fused-ring (bicyclic) bond motifs is 1. The summed E-state index contributed by atoms with van der Waals surface area (Å²) in [6.45, 7) is 9.84. The Morgan fingerprint density at radius 2 is 2.18 bits per heavy atom. The third-order valence-electron chi connectivity index (χ3n) is 4.54. The number of halogens is 1. The molecule has 1 aromatic rings. The maximum atomic E-state index is 11.5. The molecule has 1 aliphatic rings. The highest BCUT2D eigenvalue weighted by atomic mass is 79.9. The first-order chi connectivity index (χ1) is 13.2. The van der Waals surface area contributed by atoms with E-state index in [-0.39, 0.29) is 12.1 Å². The molecule has 2 atom stereocenters. The van der Waals surface area contributed by atoms with Crippen LogP contribution in [0, 0.1) is 0 Å². The molecule has 0 fully saturated rings. The normalized spacial score (nSPS) is 17.8. The van der Waals surface area contributed by atoms with E-state index in [2.05, 4.69) is 67.0 Å². The Hall–Kier alpha value is -1.45. The average Bonchev–Trinajstić information content (AvgIpc) is 3.02. The van der Waals surface area contributed by atoms with Gasteiger partial charge in [0, 0.05) is 25.4 Å². The summed E-state index contributed by atoms with van der Waals surface area (Å²) >= 11 is 3.49. The molecule has 1 aromatic heterocycles. The second-order valence-electron chi connectivity index (χ2n) is 8.18. The van der Waals surface area contributed by atoms with Crippen LogP contribution >= 0.6 is 15.9 Å². The van der Waals surface area contributed by atoms with Gasteiger partial charge < -0.3 is 20.1 Å². The lowest BCUT2D eigenvalue weighted by Crippen LogP contribution is -2.47. The first kappa shape index (κ1) is 22.8. The Bertz CT molecular complexity index is 709. The smallest absolute Gasteiger partial charge is 0.408 e. The Labute approximate surface area is 176 Å². The number of pyridine rings is 1. The largest absolute Gasteiger partial charge is 0.453 e. The van der Waals surface area contributed by atoms with Gasteiger partial charge in [0.05, 0.1) is 18.7 Å². The lowest BCUT2D eigenvalue weighted by atomic mass is 10.1. The van der Waals surface area contributed by atoms with Gasteiger partial charge in [-0.15, -0.1) is 0 Å². The summed E-state index contributed by atoms with van der Waals surface area (Å²) in [5, 5.41) is 6.02. The third-order valence-corrected chi connectivity index (χ3v) is 6.68. The lowest BCUT2D eigenvalue weighted by molar-refractivity contribution is 0.154. The van der Waals surface area contributed by atoms with Gasteiger partial charge in [0.15, 0.2) is 0 Å². The SMILES string of the molecule is COC(=O)NC(C)NC(=NCOCC[Si](C)(C)C)C1CCc2cc(Br)cnc21. The van der Waals surface area contributed by atoms with E-state index in [1.54, 1.807) is 0 Å². The van der Waals surface area contributed by atoms with Crippen molar-refractivity contribution < 1.29 is 14.3 Å². The molecule has 2 N–H and O–H groups in total. The molecule has 0 aromatic carbocycles. The summed E-state index contributed by atoms with van der Waals surface area (Å²) in [7, 11) is 0.219. The van der Waals surface area contributed by atoms with Gasteiger partial charge >= 0.3 is 6.09 Å². The molecule has 0 saturated carbocycles. The Balaban J connectivity index is 2.08. The van der Waals surface area contributed by atoms with Crippen LogP contribution in [0.3, 0.4) is 0 Å². The summed E-state index contributed by atoms with van der Waals surface area (Å²) in [6.07, 6.45) is 2.87. The van der Waals surface area contributed by atoms with Crippen molar-refractivity contribution in [3.05, 3.63) is 28.0 Å². The van der Waals surface area contributed by atoms with Crippen LogP contribution in [0.1, 0.15) is 30.5 Å². The van der Waals surface area contributed by atoms with Gasteiger partial charge in [-0.25, -0.2) is 9.79 Å². The maximum Gasteiger partial charge on any atom is 0.408 e. The molecule has 2 rings (SSSR count). The number of amides is 1. The molecular formula is C19H31BrN4O3Si. The minimum Gasteiger partial charge on any atom is -0.453 e. The van der Waals surface area contributed by atoms with Crippen molar-refractivity contribution in [2.75, 3.05) is 20.4 Å². The number of nitrogens with zero attached hydrogens (tertiary/aromatic N) is 2. The first-order valence-corrected chi connectivity index (χ1v) is 14.1. The van der Waals surface area contributed by atoms with E-state index >= 15 is 0 Å². The maximum absolute atomic E-state index is 11.5. The van der Waals surface area contributed by atoms with Crippen LogP contribution in [0.5, 0.6) is 0 Å². The Kier molecular flexibility index (Phi) is 8.45. The highest BCUT2D eigenvalue weighted by molar-refractivity contribution is 9.10. The van der Waals surface area contributed by atoms with Crippen molar-refractivity contribution in [3.63, 3.8) is 0 Å². The topological polar surface area (TPSA) is 84.8 Å². The Morgan fingerprint density at radius 3 is 2.86 bits per heavy atom. The number of amidine groups is 1. The molecule has 2 unspecified atom stereocenters. The van der Waals surface area contributed by atoms with Crippen molar-refractivity contribution in [1.82, 2.24) is 15.6 Å². The second-order valence-corrected chi connectivity index (χ2v) is 14.7. The molecule has 1 heterocycles. The predicted molar refractivity (Wildman–Crippen MR) is 118 cm³/mol. The number of aryl methyl sites for hydroxylation is 1. The van der Waals surface area contributed by atoms with Crippen LogP contribution in [0.2, 0.25) is 25.7 Å². The van der Waals surface area contributed by atoms with Gasteiger partial charge in [0.2, 0.25) is 0 Å². The number of nitrogens with one attached hydrogen (secondary N) is 2. The number of alkyl carbamates (subject to hydrolysis) is 1. The van der Waals surface area contributed by atoms with Crippen LogP contribution in [0.25, 0.3) is 0 Å². The summed E-state index contributed by atoms with van der Waals surface area (Å²) in [5.41, 5.74) is 2.25. The molecular weight excluding hydrogens is 440 g/mol. The van der Waals surface area contributed by atoms with E-state index in [1.165, 1.54) is 12.7 Å². The molecule has 1 amide bonds. The zero-order valence-electron chi connectivity index (χ0n) is 17.3. The number of hydrogen-bond acceptors (Lipinski definition) is 5. The first-order valence-electron chi connectivity index (χ1n) is 9.57. The molecule has 156 valence electrons. The second kappa shape index (κ2) is 10.4. The number of methoxy groups -OCH3 is 1. The molecule has 7 nitrogen and oxygen atoms in total. The van der Waals surface area contributed by atoms with Crippen LogP contribution < -0.4 is 10.6 Å². The minimum absolute atomic E-state index is 0.0607. The van der Waals surface area contributed by atoms with Crippen LogP contribution in [-0.2, 0) is 15.9 Å². The van der Waals surface area contributed by atoms with Crippen molar-refractivity contribution in [2.24, 2.45) is 4.99 Å². The molecule has 0 radical (unpaired) electrons. The molecule has 9 heteroatoms. The van der Waals surface area contributed by atoms with Gasteiger partial charge in [-0.2, -0.15) is 0 Å². The van der Waals surface area contributed by atoms with Gasteiger partial charge in [-0.1, -0.05) is 19.6 Å². The highest BCUT2D eigenvalue weighted by Crippen LogP contribution is 2.33. The average molecular weight is 471 g/mol. The molecule has 0 aliphatic heterocycles. The number of aliphatic imine (C=N–C) groups is 1. The van der Waals surface area contributed by atoms with Gasteiger partial charge in [-0.3, -0.25) is 4.98 Å². The van der Waals surface area contributed by atoms with E-state index in [9.17, 15) is 4.79 Å². The van der Waals surface area contributed by atoms with Gasteiger partial charge in [0.25, 0.3) is 0 Å². The monoisotopic (exact) mass is 470 g/mol. The van der Waals surface area contributed by atoms with Crippen LogP contribution in [-0.4, -0.2) is 51.6 Å². The Morgan fingerprint density at radius 1 is 1.43 bits per heavy atom. The van der Waals surface area contributed by atoms with Crippen molar-refractivity contribution in [3.8, 4) is 0 Å². The van der Waals surface area contributed by atoms with Crippen molar-refractivity contribution in [2.45, 2.75) is 57.5 Å². The lowest BCUT2D eigenvalue weighted by Gasteiger charge is -2.22. The standard InChI is InChI=1S/C19H31BrN4O3Si/c1-13(24-19(25)26-2)23-18(22-12-27-8-9-28(3,4)5)16-7-6-14-10-15(20)11-21-17(14)16/h10-11,13,16H,6-9,12H2,1-5H3,(H,22,23)(H,24,25). The molecule has 1 aliphatic carbocycles. The number of aromatic nitrogens is 1. The highest BCUT2D eigenvalue weighted by Gasteiger charge is 2.29. The minimum atomic E-state index is -1.13. The molecule has 0 spiro atoms.